The Hall–Kier alpha value is 0.600. The van der Waals surface area contributed by atoms with Gasteiger partial charge in [-0.1, -0.05) is 103 Å². The van der Waals surface area contributed by atoms with Gasteiger partial charge in [-0.2, -0.15) is 0 Å². The lowest BCUT2D eigenvalue weighted by molar-refractivity contribution is -0.870. The van der Waals surface area contributed by atoms with Gasteiger partial charge in [0, 0.05) is 5.75 Å². The van der Waals surface area contributed by atoms with Gasteiger partial charge < -0.3 is 9.21 Å². The quantitative estimate of drug-likeness (QED) is 0.0775. The summed E-state index contributed by atoms with van der Waals surface area (Å²) in [6, 6.07) is 0. The van der Waals surface area contributed by atoms with E-state index in [1.807, 2.05) is 0 Å². The molecule has 184 valence electrons. The number of quaternary nitrogens is 1. The van der Waals surface area contributed by atoms with E-state index >= 15 is 0 Å². The molecule has 0 radical (unpaired) electrons. The average molecular weight is 561 g/mol. The molecular weight excluding hydrogens is 507 g/mol. The summed E-state index contributed by atoms with van der Waals surface area (Å²) in [6.45, 7) is 3.67. The molecule has 0 amide bonds. The number of sulfonamides is 1. The molecule has 0 unspecified atom stereocenters. The lowest BCUT2D eigenvalue weighted by atomic mass is 10.0. The van der Waals surface area contributed by atoms with Crippen molar-refractivity contribution in [3.05, 3.63) is 4.72 Å². The van der Waals surface area contributed by atoms with E-state index in [2.05, 4.69) is 32.8 Å². The van der Waals surface area contributed by atoms with Crippen molar-refractivity contribution in [2.75, 3.05) is 40.0 Å². The highest BCUT2D eigenvalue weighted by Crippen LogP contribution is 2.14. The molecule has 0 N–H and O–H groups in total. The molecule has 0 aromatic heterocycles. The van der Waals surface area contributed by atoms with Crippen LogP contribution in [0, 0.1) is 0 Å². The second kappa shape index (κ2) is 21.4. The Kier molecular flexibility index (Phi) is 23.4. The molecule has 0 fully saturated rings. The van der Waals surface area contributed by atoms with Gasteiger partial charge in [0.05, 0.1) is 37.7 Å². The van der Waals surface area contributed by atoms with Crippen molar-refractivity contribution in [1.29, 1.82) is 0 Å². The Labute approximate surface area is 207 Å². The van der Waals surface area contributed by atoms with Crippen molar-refractivity contribution in [3.8, 4) is 0 Å². The van der Waals surface area contributed by atoms with Crippen LogP contribution in [0.2, 0.25) is 0 Å². The van der Waals surface area contributed by atoms with E-state index in [-0.39, 0.29) is 29.7 Å². The second-order valence-corrected chi connectivity index (χ2v) is 11.6. The Bertz CT molecular complexity index is 451. The fourth-order valence-corrected chi connectivity index (χ4v) is 4.75. The van der Waals surface area contributed by atoms with E-state index < -0.39 is 10.0 Å². The smallest absolute Gasteiger partial charge is 0.0763 e. The van der Waals surface area contributed by atoms with E-state index in [1.165, 1.54) is 83.5 Å². The molecule has 0 rings (SSSR count). The maximum Gasteiger partial charge on any atom is 0.0763 e. The summed E-state index contributed by atoms with van der Waals surface area (Å²) in [5, 5.41) is 0. The molecule has 0 aliphatic carbocycles. The zero-order valence-electron chi connectivity index (χ0n) is 20.7. The highest BCUT2D eigenvalue weighted by atomic mass is 127. The molecule has 0 saturated heterocycles. The van der Waals surface area contributed by atoms with Crippen molar-refractivity contribution in [3.63, 3.8) is 0 Å². The van der Waals surface area contributed by atoms with Crippen molar-refractivity contribution in [2.24, 2.45) is 0 Å². The predicted molar refractivity (Wildman–Crippen MR) is 144 cm³/mol. The van der Waals surface area contributed by atoms with Gasteiger partial charge in [0.15, 0.2) is 0 Å². The molecule has 4 nitrogen and oxygen atoms in total. The lowest BCUT2D eigenvalue weighted by Crippen LogP contribution is -2.35. The maximum atomic E-state index is 11.9. The Morgan fingerprint density at radius 2 is 0.967 bits per heavy atom. The van der Waals surface area contributed by atoms with Crippen LogP contribution in [0.25, 0.3) is 4.72 Å². The molecule has 6 heteroatoms. The van der Waals surface area contributed by atoms with Gasteiger partial charge in [-0.05, 0) is 12.8 Å². The number of hydrogen-bond acceptors (Lipinski definition) is 2. The monoisotopic (exact) mass is 560 g/mol. The Morgan fingerprint density at radius 1 is 0.600 bits per heavy atom. The number of rotatable bonds is 22. The van der Waals surface area contributed by atoms with E-state index in [9.17, 15) is 8.42 Å². The summed E-state index contributed by atoms with van der Waals surface area (Å²) < 4.78 is 28.6. The largest absolute Gasteiger partial charge is 0.549 e. The van der Waals surface area contributed by atoms with Gasteiger partial charge in [-0.25, -0.2) is 8.42 Å². The Balaban J connectivity index is 0. The third-order valence-corrected chi connectivity index (χ3v) is 6.91. The van der Waals surface area contributed by atoms with Gasteiger partial charge in [0.1, 0.15) is 0 Å². The SMILES string of the molecule is CCCCCCCCCCCCCCCCCCS(=O)(=O)[N-]CCC[N+](C)(C)C.I. The van der Waals surface area contributed by atoms with E-state index in [4.69, 9.17) is 0 Å². The zero-order chi connectivity index (χ0) is 21.8. The van der Waals surface area contributed by atoms with Gasteiger partial charge in [0.25, 0.3) is 0 Å². The van der Waals surface area contributed by atoms with Crippen LogP contribution in [0.3, 0.4) is 0 Å². The summed E-state index contributed by atoms with van der Waals surface area (Å²) in [5.74, 6) is 0.232. The first-order valence-corrected chi connectivity index (χ1v) is 14.1. The first-order valence-electron chi connectivity index (χ1n) is 12.5. The van der Waals surface area contributed by atoms with Gasteiger partial charge in [-0.15, -0.1) is 30.5 Å². The van der Waals surface area contributed by atoms with E-state index in [1.54, 1.807) is 0 Å². The van der Waals surface area contributed by atoms with Crippen LogP contribution in [-0.4, -0.2) is 52.9 Å². The number of nitrogens with zero attached hydrogens (tertiary/aromatic N) is 2. The molecule has 0 heterocycles. The zero-order valence-corrected chi connectivity index (χ0v) is 23.8. The number of halogens is 1. The van der Waals surface area contributed by atoms with Crippen LogP contribution in [0.4, 0.5) is 0 Å². The highest BCUT2D eigenvalue weighted by molar-refractivity contribution is 14.0. The van der Waals surface area contributed by atoms with Crippen LogP contribution in [0.15, 0.2) is 0 Å². The molecule has 0 aliphatic heterocycles. The minimum atomic E-state index is -3.20. The molecule has 30 heavy (non-hydrogen) atoms. The third kappa shape index (κ3) is 26.6. The Morgan fingerprint density at radius 3 is 1.33 bits per heavy atom. The van der Waals surface area contributed by atoms with Crippen LogP contribution in [-0.2, 0) is 10.0 Å². The van der Waals surface area contributed by atoms with Gasteiger partial charge >= 0.3 is 0 Å². The molecule has 0 saturated carbocycles. The summed E-state index contributed by atoms with van der Waals surface area (Å²) in [5.41, 5.74) is 0. The van der Waals surface area contributed by atoms with Gasteiger partial charge in [0.2, 0.25) is 0 Å². The predicted octanol–water partition coefficient (Wildman–Crippen LogP) is 7.67. The summed E-state index contributed by atoms with van der Waals surface area (Å²) >= 11 is 0. The number of hydrogen-bond donors (Lipinski definition) is 0. The lowest BCUT2D eigenvalue weighted by Gasteiger charge is -2.26. The fourth-order valence-electron chi connectivity index (χ4n) is 3.65. The summed E-state index contributed by atoms with van der Waals surface area (Å²) in [4.78, 5) is 0. The maximum absolute atomic E-state index is 11.9. The minimum absolute atomic E-state index is 0. The first kappa shape index (κ1) is 32.8. The minimum Gasteiger partial charge on any atom is -0.549 e. The average Bonchev–Trinajstić information content (AvgIpc) is 2.64. The van der Waals surface area contributed by atoms with Crippen molar-refractivity contribution in [2.45, 2.75) is 116 Å². The molecule has 0 spiro atoms. The third-order valence-electron chi connectivity index (χ3n) is 5.53. The molecular formula is C24H53IN2O2S. The van der Waals surface area contributed by atoms with Crippen LogP contribution in [0.5, 0.6) is 0 Å². The van der Waals surface area contributed by atoms with Crippen molar-refractivity contribution in [1.82, 2.24) is 0 Å². The van der Waals surface area contributed by atoms with Crippen molar-refractivity contribution < 1.29 is 12.9 Å². The molecule has 0 aromatic carbocycles. The van der Waals surface area contributed by atoms with Crippen LogP contribution < -0.4 is 0 Å². The van der Waals surface area contributed by atoms with Crippen molar-refractivity contribution >= 4 is 34.0 Å². The molecule has 0 atom stereocenters. The second-order valence-electron chi connectivity index (χ2n) is 9.81. The molecule has 0 bridgehead atoms. The fraction of sp³-hybridized carbons (Fsp3) is 1.00. The first-order chi connectivity index (χ1) is 13.8. The normalized spacial score (nSPS) is 12.1. The van der Waals surface area contributed by atoms with E-state index in [0.717, 1.165) is 36.7 Å². The summed E-state index contributed by atoms with van der Waals surface area (Å²) in [6.07, 6.45) is 21.7. The molecule has 0 aliphatic rings. The van der Waals surface area contributed by atoms with Crippen LogP contribution >= 0.6 is 24.0 Å². The highest BCUT2D eigenvalue weighted by Gasteiger charge is 2.05. The van der Waals surface area contributed by atoms with Gasteiger partial charge in [-0.3, -0.25) is 0 Å². The summed E-state index contributed by atoms with van der Waals surface area (Å²) in [7, 11) is 3.15. The van der Waals surface area contributed by atoms with E-state index in [0.29, 0.717) is 6.54 Å². The topological polar surface area (TPSA) is 48.2 Å². The standard InChI is InChI=1S/C24H52N2O2S.HI/c1-5-6-7-8-9-10-11-12-13-14-15-16-17-18-19-20-24-29(27,28)25-22-21-23-26(2,3)4;/h5-24H2,1-4H3;1H. The molecule has 0 aromatic rings. The number of unbranched alkanes of at least 4 members (excludes halogenated alkanes) is 15. The van der Waals surface area contributed by atoms with Crippen LogP contribution in [0.1, 0.15) is 116 Å².